The van der Waals surface area contributed by atoms with E-state index in [1.807, 2.05) is 13.8 Å². The van der Waals surface area contributed by atoms with Crippen molar-refractivity contribution < 1.29 is 12.8 Å². The second kappa shape index (κ2) is 8.81. The minimum Gasteiger partial charge on any atom is -0.408 e. The van der Waals surface area contributed by atoms with Gasteiger partial charge in [0.05, 0.1) is 10.4 Å². The Kier molecular flexibility index (Phi) is 5.93. The molecule has 0 aliphatic heterocycles. The first-order valence-electron chi connectivity index (χ1n) is 9.94. The number of rotatable bonds is 8. The average molecular weight is 455 g/mol. The first-order valence-corrected chi connectivity index (χ1v) is 11.4. The molecule has 2 heterocycles. The number of fused-ring (bicyclic) bond motifs is 1. The Morgan fingerprint density at radius 1 is 1.09 bits per heavy atom. The largest absolute Gasteiger partial charge is 0.417 e. The Labute approximate surface area is 184 Å². The molecule has 0 atom stereocenters. The highest BCUT2D eigenvalue weighted by molar-refractivity contribution is 7.89. The van der Waals surface area contributed by atoms with Crippen LogP contribution in [0.15, 0.2) is 62.8 Å². The van der Waals surface area contributed by atoms with E-state index in [1.165, 1.54) is 12.1 Å². The molecule has 0 saturated heterocycles. The van der Waals surface area contributed by atoms with Crippen LogP contribution in [-0.4, -0.2) is 29.9 Å². The van der Waals surface area contributed by atoms with Crippen LogP contribution in [0.3, 0.4) is 0 Å². The van der Waals surface area contributed by atoms with Crippen molar-refractivity contribution in [2.75, 3.05) is 17.2 Å². The molecule has 0 fully saturated rings. The first kappa shape index (κ1) is 21.5. The number of nitrogens with zero attached hydrogens (tertiary/aromatic N) is 2. The van der Waals surface area contributed by atoms with Gasteiger partial charge in [-0.3, -0.25) is 4.98 Å². The summed E-state index contributed by atoms with van der Waals surface area (Å²) >= 11 is 0. The van der Waals surface area contributed by atoms with Crippen molar-refractivity contribution in [2.24, 2.45) is 0 Å². The Hall–Kier alpha value is -3.70. The monoisotopic (exact) mass is 454 g/mol. The van der Waals surface area contributed by atoms with Crippen molar-refractivity contribution in [3.63, 3.8) is 0 Å². The summed E-state index contributed by atoms with van der Waals surface area (Å²) < 4.78 is 32.3. The molecule has 0 amide bonds. The molecule has 2 aromatic carbocycles. The molecule has 0 aliphatic carbocycles. The van der Waals surface area contributed by atoms with Crippen molar-refractivity contribution in [2.45, 2.75) is 25.2 Å². The third-order valence-electron chi connectivity index (χ3n) is 4.60. The van der Waals surface area contributed by atoms with Crippen molar-refractivity contribution in [1.29, 1.82) is 0 Å². The standard InChI is InChI=1S/C21H22N6O4S/c1-3-9-23-32(29,30)16-6-4-5-14(10-16)25-20-22-12-13(2)19(27-20)24-15-7-8-18-17(11-15)26-21(28)31-18/h4-8,10-12,23H,3,9H2,1-2H3,(H,26,28)(H2,22,24,25,27). The number of anilines is 4. The molecule has 4 N–H and O–H groups in total. The number of sulfonamides is 1. The van der Waals surface area contributed by atoms with Gasteiger partial charge in [0, 0.05) is 29.7 Å². The summed E-state index contributed by atoms with van der Waals surface area (Å²) in [5.41, 5.74) is 3.08. The van der Waals surface area contributed by atoms with E-state index in [9.17, 15) is 13.2 Å². The molecule has 0 radical (unpaired) electrons. The lowest BCUT2D eigenvalue weighted by molar-refractivity contribution is 0.555. The number of aryl methyl sites for hydroxylation is 1. The van der Waals surface area contributed by atoms with Gasteiger partial charge < -0.3 is 15.1 Å². The van der Waals surface area contributed by atoms with Crippen molar-refractivity contribution in [3.8, 4) is 0 Å². The van der Waals surface area contributed by atoms with Gasteiger partial charge in [0.25, 0.3) is 0 Å². The van der Waals surface area contributed by atoms with Crippen LogP contribution >= 0.6 is 0 Å². The summed E-state index contributed by atoms with van der Waals surface area (Å²) in [6.07, 6.45) is 2.35. The number of hydrogen-bond donors (Lipinski definition) is 4. The van der Waals surface area contributed by atoms with Crippen LogP contribution < -0.4 is 21.1 Å². The maximum atomic E-state index is 12.4. The molecule has 10 nitrogen and oxygen atoms in total. The summed E-state index contributed by atoms with van der Waals surface area (Å²) in [4.78, 5) is 22.9. The summed E-state index contributed by atoms with van der Waals surface area (Å²) in [5.74, 6) is 0.337. The zero-order chi connectivity index (χ0) is 22.7. The second-order valence-electron chi connectivity index (χ2n) is 7.13. The van der Waals surface area contributed by atoms with Crippen LogP contribution in [0.4, 0.5) is 23.1 Å². The van der Waals surface area contributed by atoms with E-state index in [2.05, 4.69) is 30.3 Å². The Morgan fingerprint density at radius 3 is 2.72 bits per heavy atom. The molecule has 166 valence electrons. The van der Waals surface area contributed by atoms with Gasteiger partial charge >= 0.3 is 5.76 Å². The molecule has 11 heteroatoms. The van der Waals surface area contributed by atoms with Crippen molar-refractivity contribution >= 4 is 44.3 Å². The summed E-state index contributed by atoms with van der Waals surface area (Å²) in [5, 5.41) is 6.24. The number of benzene rings is 2. The molecule has 4 aromatic rings. The first-order chi connectivity index (χ1) is 15.3. The normalized spacial score (nSPS) is 11.6. The molecule has 32 heavy (non-hydrogen) atoms. The van der Waals surface area contributed by atoms with E-state index in [0.29, 0.717) is 47.2 Å². The zero-order valence-electron chi connectivity index (χ0n) is 17.5. The van der Waals surface area contributed by atoms with Gasteiger partial charge in [-0.2, -0.15) is 4.98 Å². The van der Waals surface area contributed by atoms with E-state index in [4.69, 9.17) is 4.42 Å². The number of H-pyrrole nitrogens is 1. The van der Waals surface area contributed by atoms with Gasteiger partial charge in [-0.25, -0.2) is 22.9 Å². The third-order valence-corrected chi connectivity index (χ3v) is 6.05. The Balaban J connectivity index is 1.56. The fourth-order valence-corrected chi connectivity index (χ4v) is 4.16. The van der Waals surface area contributed by atoms with Crippen LogP contribution in [-0.2, 0) is 10.0 Å². The third kappa shape index (κ3) is 4.79. The molecule has 0 bridgehead atoms. The Morgan fingerprint density at radius 2 is 1.91 bits per heavy atom. The quantitative estimate of drug-likeness (QED) is 0.317. The molecular formula is C21H22N6O4S. The predicted octanol–water partition coefficient (Wildman–Crippen LogP) is 3.40. The topological polar surface area (TPSA) is 142 Å². The van der Waals surface area contributed by atoms with Crippen LogP contribution in [0.2, 0.25) is 0 Å². The minimum atomic E-state index is -3.59. The van der Waals surface area contributed by atoms with Gasteiger partial charge in [0.2, 0.25) is 16.0 Å². The summed E-state index contributed by atoms with van der Waals surface area (Å²) in [7, 11) is -3.59. The highest BCUT2D eigenvalue weighted by Gasteiger charge is 2.14. The molecular weight excluding hydrogens is 432 g/mol. The fourth-order valence-electron chi connectivity index (χ4n) is 2.99. The van der Waals surface area contributed by atoms with E-state index < -0.39 is 15.8 Å². The average Bonchev–Trinajstić information content (AvgIpc) is 3.14. The van der Waals surface area contributed by atoms with Crippen molar-refractivity contribution in [3.05, 3.63) is 64.8 Å². The minimum absolute atomic E-state index is 0.156. The SMILES string of the molecule is CCCNS(=O)(=O)c1cccc(Nc2ncc(C)c(Nc3ccc4oc(=O)[nH]c4c3)n2)c1. The predicted molar refractivity (Wildman–Crippen MR) is 122 cm³/mol. The number of nitrogens with one attached hydrogen (secondary N) is 4. The number of hydrogen-bond acceptors (Lipinski definition) is 8. The zero-order valence-corrected chi connectivity index (χ0v) is 18.3. The second-order valence-corrected chi connectivity index (χ2v) is 8.89. The number of oxazole rings is 1. The lowest BCUT2D eigenvalue weighted by Gasteiger charge is -2.12. The number of aromatic nitrogens is 3. The van der Waals surface area contributed by atoms with E-state index in [1.54, 1.807) is 36.5 Å². The fraction of sp³-hybridized carbons (Fsp3) is 0.190. The maximum Gasteiger partial charge on any atom is 0.417 e. The molecule has 0 saturated carbocycles. The van der Waals surface area contributed by atoms with Gasteiger partial charge in [-0.15, -0.1) is 0 Å². The summed E-state index contributed by atoms with van der Waals surface area (Å²) in [6.45, 7) is 4.12. The van der Waals surface area contributed by atoms with E-state index in [0.717, 1.165) is 5.56 Å². The van der Waals surface area contributed by atoms with Crippen molar-refractivity contribution in [1.82, 2.24) is 19.7 Å². The number of aromatic amines is 1. The van der Waals surface area contributed by atoms with Crippen LogP contribution in [0.25, 0.3) is 11.1 Å². The smallest absolute Gasteiger partial charge is 0.408 e. The molecule has 4 rings (SSSR count). The van der Waals surface area contributed by atoms with E-state index >= 15 is 0 Å². The Bertz CT molecular complexity index is 1430. The highest BCUT2D eigenvalue weighted by atomic mass is 32.2. The lowest BCUT2D eigenvalue weighted by Crippen LogP contribution is -2.24. The van der Waals surface area contributed by atoms with E-state index in [-0.39, 0.29) is 4.90 Å². The van der Waals surface area contributed by atoms with Crippen LogP contribution in [0.1, 0.15) is 18.9 Å². The summed E-state index contributed by atoms with van der Waals surface area (Å²) in [6, 6.07) is 11.6. The van der Waals surface area contributed by atoms with Gasteiger partial charge in [-0.05, 0) is 49.7 Å². The maximum absolute atomic E-state index is 12.4. The van der Waals surface area contributed by atoms with Crippen LogP contribution in [0, 0.1) is 6.92 Å². The lowest BCUT2D eigenvalue weighted by atomic mass is 10.2. The molecule has 0 aliphatic rings. The highest BCUT2D eigenvalue weighted by Crippen LogP contribution is 2.24. The van der Waals surface area contributed by atoms with Gasteiger partial charge in [-0.1, -0.05) is 13.0 Å². The molecule has 0 spiro atoms. The van der Waals surface area contributed by atoms with Gasteiger partial charge in [0.1, 0.15) is 5.82 Å². The molecule has 2 aromatic heterocycles. The van der Waals surface area contributed by atoms with Crippen LogP contribution in [0.5, 0.6) is 0 Å². The van der Waals surface area contributed by atoms with Gasteiger partial charge in [0.15, 0.2) is 5.58 Å². The molecule has 0 unspecified atom stereocenters.